The van der Waals surface area contributed by atoms with E-state index in [0.717, 1.165) is 4.57 Å². The SMILES string of the molecule is O=c1n(-c2ccccc2)c(=O)n2n1[C@@H]1C=C(O)[C@H]2C1. The van der Waals surface area contributed by atoms with Crippen molar-refractivity contribution < 1.29 is 5.11 Å². The molecule has 96 valence electrons. The van der Waals surface area contributed by atoms with Crippen LogP contribution in [0.1, 0.15) is 18.5 Å². The van der Waals surface area contributed by atoms with Crippen LogP contribution in [0.4, 0.5) is 0 Å². The largest absolute Gasteiger partial charge is 0.510 e. The van der Waals surface area contributed by atoms with Crippen LogP contribution >= 0.6 is 0 Å². The number of aliphatic hydroxyl groups excluding tert-OH is 1. The molecule has 2 aliphatic rings. The van der Waals surface area contributed by atoms with Gasteiger partial charge >= 0.3 is 11.4 Å². The molecule has 1 aromatic carbocycles. The summed E-state index contributed by atoms with van der Waals surface area (Å²) in [5.74, 6) is 0.178. The van der Waals surface area contributed by atoms with Gasteiger partial charge in [-0.1, -0.05) is 18.2 Å². The molecule has 0 fully saturated rings. The number of para-hydroxylation sites is 1. The van der Waals surface area contributed by atoms with Crippen molar-refractivity contribution >= 4 is 0 Å². The fourth-order valence-corrected chi connectivity index (χ4v) is 2.98. The monoisotopic (exact) mass is 257 g/mol. The van der Waals surface area contributed by atoms with Crippen LogP contribution in [-0.2, 0) is 0 Å². The van der Waals surface area contributed by atoms with Gasteiger partial charge in [0, 0.05) is 6.42 Å². The number of aromatic nitrogens is 3. The van der Waals surface area contributed by atoms with Gasteiger partial charge < -0.3 is 5.11 Å². The minimum Gasteiger partial charge on any atom is -0.510 e. The lowest BCUT2D eigenvalue weighted by Gasteiger charge is -2.11. The lowest BCUT2D eigenvalue weighted by molar-refractivity contribution is 0.319. The molecule has 19 heavy (non-hydrogen) atoms. The molecule has 0 unspecified atom stereocenters. The molecule has 4 rings (SSSR count). The Hall–Kier alpha value is -2.50. The molecule has 0 amide bonds. The molecule has 6 nitrogen and oxygen atoms in total. The van der Waals surface area contributed by atoms with Gasteiger partial charge in [0.2, 0.25) is 0 Å². The van der Waals surface area contributed by atoms with E-state index in [0.29, 0.717) is 12.1 Å². The Morgan fingerprint density at radius 1 is 1.05 bits per heavy atom. The number of rotatable bonds is 1. The van der Waals surface area contributed by atoms with Gasteiger partial charge in [0.05, 0.1) is 11.7 Å². The minimum atomic E-state index is -0.400. The molecule has 1 aliphatic carbocycles. The zero-order valence-electron chi connectivity index (χ0n) is 9.93. The first-order valence-electron chi connectivity index (χ1n) is 6.10. The van der Waals surface area contributed by atoms with Gasteiger partial charge in [0.15, 0.2) is 0 Å². The van der Waals surface area contributed by atoms with Crippen molar-refractivity contribution in [1.82, 2.24) is 13.9 Å². The van der Waals surface area contributed by atoms with Crippen LogP contribution in [0, 0.1) is 0 Å². The summed E-state index contributed by atoms with van der Waals surface area (Å²) in [6.45, 7) is 0. The first-order chi connectivity index (χ1) is 9.18. The highest BCUT2D eigenvalue weighted by Crippen LogP contribution is 2.39. The van der Waals surface area contributed by atoms with E-state index in [-0.39, 0.29) is 17.5 Å². The van der Waals surface area contributed by atoms with Crippen molar-refractivity contribution in [2.45, 2.75) is 18.5 Å². The highest BCUT2D eigenvalue weighted by molar-refractivity contribution is 5.31. The molecule has 1 aliphatic heterocycles. The molecular weight excluding hydrogens is 246 g/mol. The molecule has 6 heteroatoms. The van der Waals surface area contributed by atoms with Crippen LogP contribution in [0.2, 0.25) is 0 Å². The fraction of sp³-hybridized carbons (Fsp3) is 0.231. The van der Waals surface area contributed by atoms with E-state index in [1.807, 2.05) is 6.07 Å². The van der Waals surface area contributed by atoms with E-state index in [9.17, 15) is 14.7 Å². The highest BCUT2D eigenvalue weighted by Gasteiger charge is 2.42. The van der Waals surface area contributed by atoms with Crippen LogP contribution in [0.3, 0.4) is 0 Å². The summed E-state index contributed by atoms with van der Waals surface area (Å²) >= 11 is 0. The summed E-state index contributed by atoms with van der Waals surface area (Å²) in [6.07, 6.45) is 2.23. The van der Waals surface area contributed by atoms with Crippen molar-refractivity contribution in [3.63, 3.8) is 0 Å². The lowest BCUT2D eigenvalue weighted by atomic mass is 10.2. The summed E-state index contributed by atoms with van der Waals surface area (Å²) in [4.78, 5) is 24.8. The summed E-state index contributed by atoms with van der Waals surface area (Å²) < 4.78 is 3.93. The number of aliphatic hydroxyl groups is 1. The Kier molecular flexibility index (Phi) is 1.80. The molecule has 0 saturated carbocycles. The number of benzene rings is 1. The number of hydrogen-bond acceptors (Lipinski definition) is 3. The first kappa shape index (κ1) is 10.4. The normalized spacial score (nSPS) is 23.5. The Labute approximate surface area is 107 Å². The maximum absolute atomic E-state index is 12.4. The molecule has 2 bridgehead atoms. The second-order valence-corrected chi connectivity index (χ2v) is 4.84. The van der Waals surface area contributed by atoms with Gasteiger partial charge in [-0.25, -0.2) is 23.5 Å². The van der Waals surface area contributed by atoms with E-state index in [1.54, 1.807) is 30.3 Å². The number of fused-ring (bicyclic) bond motifs is 5. The van der Waals surface area contributed by atoms with E-state index < -0.39 is 11.7 Å². The van der Waals surface area contributed by atoms with Crippen LogP contribution in [0.15, 0.2) is 51.8 Å². The van der Waals surface area contributed by atoms with Crippen LogP contribution < -0.4 is 11.4 Å². The third-order valence-corrected chi connectivity index (χ3v) is 3.80. The second kappa shape index (κ2) is 3.28. The molecule has 2 heterocycles. The Morgan fingerprint density at radius 2 is 1.74 bits per heavy atom. The number of allylic oxidation sites excluding steroid dienone is 2. The standard InChI is InChI=1S/C13H11N3O3/c17-11-7-9-6-10(11)16-13(19)14(12(18)15(9)16)8-4-2-1-3-5-8/h1-5,7,9-10,17H,6H2/t9-,10+/m0/s1. The lowest BCUT2D eigenvalue weighted by Crippen LogP contribution is -2.29. The summed E-state index contributed by atoms with van der Waals surface area (Å²) in [5.41, 5.74) is -0.207. The van der Waals surface area contributed by atoms with Gasteiger partial charge in [-0.05, 0) is 18.2 Å². The summed E-state index contributed by atoms with van der Waals surface area (Å²) in [7, 11) is 0. The van der Waals surface area contributed by atoms with E-state index in [2.05, 4.69) is 0 Å². The Balaban J connectivity index is 2.03. The zero-order valence-corrected chi connectivity index (χ0v) is 9.93. The molecule has 1 N–H and O–H groups in total. The predicted octanol–water partition coefficient (Wildman–Crippen LogP) is 0.742. The molecular formula is C13H11N3O3. The predicted molar refractivity (Wildman–Crippen MR) is 67.7 cm³/mol. The van der Waals surface area contributed by atoms with Crippen molar-refractivity contribution in [2.24, 2.45) is 0 Å². The molecule has 2 atom stereocenters. The average Bonchev–Trinajstić information content (AvgIpc) is 3.02. The number of nitrogens with zero attached hydrogens (tertiary/aromatic N) is 3. The minimum absolute atomic E-state index is 0.178. The average molecular weight is 257 g/mol. The topological polar surface area (TPSA) is 69.2 Å². The van der Waals surface area contributed by atoms with Crippen molar-refractivity contribution in [3.05, 3.63) is 63.1 Å². The second-order valence-electron chi connectivity index (χ2n) is 4.84. The quantitative estimate of drug-likeness (QED) is 0.819. The first-order valence-corrected chi connectivity index (χ1v) is 6.10. The number of hydrogen-bond donors (Lipinski definition) is 1. The third kappa shape index (κ3) is 1.15. The molecule has 0 radical (unpaired) electrons. The summed E-state index contributed by atoms with van der Waals surface area (Å²) in [6, 6.07) is 8.21. The van der Waals surface area contributed by atoms with E-state index in [4.69, 9.17) is 0 Å². The Bertz CT molecular complexity index is 810. The van der Waals surface area contributed by atoms with Crippen molar-refractivity contribution in [2.75, 3.05) is 0 Å². The molecule has 1 aromatic heterocycles. The van der Waals surface area contributed by atoms with Crippen molar-refractivity contribution in [3.8, 4) is 5.69 Å². The fourth-order valence-electron chi connectivity index (χ4n) is 2.98. The van der Waals surface area contributed by atoms with E-state index >= 15 is 0 Å². The highest BCUT2D eigenvalue weighted by atomic mass is 16.3. The molecule has 2 aromatic rings. The maximum atomic E-state index is 12.4. The maximum Gasteiger partial charge on any atom is 0.352 e. The Morgan fingerprint density at radius 3 is 2.47 bits per heavy atom. The third-order valence-electron chi connectivity index (χ3n) is 3.80. The smallest absolute Gasteiger partial charge is 0.352 e. The van der Waals surface area contributed by atoms with Gasteiger partial charge in [-0.2, -0.15) is 0 Å². The van der Waals surface area contributed by atoms with Crippen LogP contribution in [0.5, 0.6) is 0 Å². The summed E-state index contributed by atoms with van der Waals surface area (Å²) in [5, 5.41) is 9.74. The van der Waals surface area contributed by atoms with Gasteiger partial charge in [-0.3, -0.25) is 0 Å². The molecule has 0 saturated heterocycles. The van der Waals surface area contributed by atoms with Crippen LogP contribution in [0.25, 0.3) is 5.69 Å². The van der Waals surface area contributed by atoms with Gasteiger partial charge in [0.1, 0.15) is 11.8 Å². The van der Waals surface area contributed by atoms with Gasteiger partial charge in [-0.15, -0.1) is 0 Å². The van der Waals surface area contributed by atoms with Gasteiger partial charge in [0.25, 0.3) is 0 Å². The van der Waals surface area contributed by atoms with Crippen molar-refractivity contribution in [1.29, 1.82) is 0 Å². The van der Waals surface area contributed by atoms with E-state index in [1.165, 1.54) is 9.36 Å². The zero-order chi connectivity index (χ0) is 13.1. The molecule has 0 spiro atoms. The van der Waals surface area contributed by atoms with Crippen LogP contribution in [-0.4, -0.2) is 19.0 Å².